The third-order valence-corrected chi connectivity index (χ3v) is 2.51. The lowest BCUT2D eigenvalue weighted by atomic mass is 10.2. The zero-order valence-corrected chi connectivity index (χ0v) is 10.6. The molecule has 0 bridgehead atoms. The molecule has 0 aromatic carbocycles. The first kappa shape index (κ1) is 14.8. The maximum Gasteiger partial charge on any atom is 0.390 e. The van der Waals surface area contributed by atoms with Crippen molar-refractivity contribution in [1.29, 1.82) is 0 Å². The number of nitrogens with zero attached hydrogens (tertiary/aromatic N) is 2. The molecular formula is C12H18F3N3. The van der Waals surface area contributed by atoms with Gasteiger partial charge in [0.1, 0.15) is 5.82 Å². The lowest BCUT2D eigenvalue weighted by Crippen LogP contribution is -2.24. The SMILES string of the molecule is CCNCc1ccc(N(C)CCC(F)(F)F)nc1. The van der Waals surface area contributed by atoms with Crippen molar-refractivity contribution in [3.05, 3.63) is 23.9 Å². The van der Waals surface area contributed by atoms with E-state index in [4.69, 9.17) is 0 Å². The van der Waals surface area contributed by atoms with E-state index in [-0.39, 0.29) is 6.54 Å². The third-order valence-electron chi connectivity index (χ3n) is 2.51. The van der Waals surface area contributed by atoms with Crippen LogP contribution in [0.3, 0.4) is 0 Å². The van der Waals surface area contributed by atoms with Crippen LogP contribution in [0.4, 0.5) is 19.0 Å². The molecular weight excluding hydrogens is 243 g/mol. The molecule has 0 saturated heterocycles. The van der Waals surface area contributed by atoms with Crippen LogP contribution >= 0.6 is 0 Å². The van der Waals surface area contributed by atoms with E-state index in [2.05, 4.69) is 10.3 Å². The molecule has 18 heavy (non-hydrogen) atoms. The minimum absolute atomic E-state index is 0.0803. The zero-order valence-electron chi connectivity index (χ0n) is 10.6. The highest BCUT2D eigenvalue weighted by Crippen LogP contribution is 2.20. The maximum atomic E-state index is 12.1. The first-order chi connectivity index (χ1) is 8.42. The van der Waals surface area contributed by atoms with Gasteiger partial charge in [0.05, 0.1) is 6.42 Å². The molecule has 1 rings (SSSR count). The highest BCUT2D eigenvalue weighted by molar-refractivity contribution is 5.38. The molecule has 0 spiro atoms. The fourth-order valence-electron chi connectivity index (χ4n) is 1.43. The van der Waals surface area contributed by atoms with Crippen LogP contribution in [0.1, 0.15) is 18.9 Å². The number of nitrogens with one attached hydrogen (secondary N) is 1. The molecule has 0 radical (unpaired) electrons. The average Bonchev–Trinajstić information content (AvgIpc) is 2.33. The Balaban J connectivity index is 2.51. The van der Waals surface area contributed by atoms with Gasteiger partial charge in [0, 0.05) is 26.3 Å². The van der Waals surface area contributed by atoms with Gasteiger partial charge >= 0.3 is 6.18 Å². The first-order valence-electron chi connectivity index (χ1n) is 5.86. The minimum Gasteiger partial charge on any atom is -0.359 e. The van der Waals surface area contributed by atoms with E-state index in [1.54, 1.807) is 19.3 Å². The van der Waals surface area contributed by atoms with Crippen LogP contribution in [0.2, 0.25) is 0 Å². The molecule has 102 valence electrons. The number of halogens is 3. The van der Waals surface area contributed by atoms with Crippen molar-refractivity contribution in [2.75, 3.05) is 25.0 Å². The summed E-state index contributed by atoms with van der Waals surface area (Å²) < 4.78 is 36.2. The Morgan fingerprint density at radius 2 is 2.06 bits per heavy atom. The van der Waals surface area contributed by atoms with Crippen molar-refractivity contribution in [2.24, 2.45) is 0 Å². The van der Waals surface area contributed by atoms with Crippen LogP contribution in [-0.2, 0) is 6.54 Å². The number of anilines is 1. The van der Waals surface area contributed by atoms with Crippen LogP contribution in [0.15, 0.2) is 18.3 Å². The molecule has 1 aromatic heterocycles. The van der Waals surface area contributed by atoms with E-state index in [0.29, 0.717) is 5.82 Å². The summed E-state index contributed by atoms with van der Waals surface area (Å²) in [5.41, 5.74) is 1.02. The molecule has 0 fully saturated rings. The van der Waals surface area contributed by atoms with Gasteiger partial charge in [0.15, 0.2) is 0 Å². The number of alkyl halides is 3. The summed E-state index contributed by atoms with van der Waals surface area (Å²) in [6.07, 6.45) is -3.27. The van der Waals surface area contributed by atoms with Crippen molar-refractivity contribution in [3.63, 3.8) is 0 Å². The summed E-state index contributed by atoms with van der Waals surface area (Å²) in [5, 5.41) is 3.16. The summed E-state index contributed by atoms with van der Waals surface area (Å²) in [7, 11) is 1.61. The van der Waals surface area contributed by atoms with E-state index in [0.717, 1.165) is 18.7 Å². The molecule has 0 aliphatic heterocycles. The van der Waals surface area contributed by atoms with Gasteiger partial charge < -0.3 is 10.2 Å². The zero-order chi connectivity index (χ0) is 13.6. The van der Waals surface area contributed by atoms with Gasteiger partial charge in [0.25, 0.3) is 0 Å². The Kier molecular flexibility index (Phi) is 5.40. The Morgan fingerprint density at radius 1 is 1.33 bits per heavy atom. The Hall–Kier alpha value is -1.30. The van der Waals surface area contributed by atoms with Gasteiger partial charge in [-0.05, 0) is 18.2 Å². The number of pyridine rings is 1. The predicted molar refractivity (Wildman–Crippen MR) is 65.6 cm³/mol. The van der Waals surface area contributed by atoms with E-state index in [1.807, 2.05) is 13.0 Å². The van der Waals surface area contributed by atoms with Crippen LogP contribution in [-0.4, -0.2) is 31.3 Å². The molecule has 6 heteroatoms. The second kappa shape index (κ2) is 6.58. The minimum atomic E-state index is -4.13. The highest BCUT2D eigenvalue weighted by Gasteiger charge is 2.27. The predicted octanol–water partition coefficient (Wildman–Crippen LogP) is 2.58. The quantitative estimate of drug-likeness (QED) is 0.853. The van der Waals surface area contributed by atoms with E-state index in [9.17, 15) is 13.2 Å². The Morgan fingerprint density at radius 3 is 2.56 bits per heavy atom. The summed E-state index contributed by atoms with van der Waals surface area (Å²) in [5.74, 6) is 0.555. The molecule has 3 nitrogen and oxygen atoms in total. The molecule has 0 aliphatic rings. The highest BCUT2D eigenvalue weighted by atomic mass is 19.4. The fraction of sp³-hybridized carbons (Fsp3) is 0.583. The van der Waals surface area contributed by atoms with Gasteiger partial charge in [0.2, 0.25) is 0 Å². The standard InChI is InChI=1S/C12H18F3N3/c1-3-16-8-10-4-5-11(17-9-10)18(2)7-6-12(13,14)15/h4-5,9,16H,3,6-8H2,1-2H3. The average molecular weight is 261 g/mol. The van der Waals surface area contributed by atoms with E-state index in [1.165, 1.54) is 4.90 Å². The van der Waals surface area contributed by atoms with Crippen molar-refractivity contribution >= 4 is 5.82 Å². The summed E-state index contributed by atoms with van der Waals surface area (Å²) in [6, 6.07) is 3.61. The molecule has 0 aliphatic carbocycles. The van der Waals surface area contributed by atoms with Crippen molar-refractivity contribution in [2.45, 2.75) is 26.1 Å². The molecule has 1 aromatic rings. The van der Waals surface area contributed by atoms with Crippen LogP contribution in [0.25, 0.3) is 0 Å². The van der Waals surface area contributed by atoms with Crippen molar-refractivity contribution in [3.8, 4) is 0 Å². The van der Waals surface area contributed by atoms with Gasteiger partial charge in [-0.3, -0.25) is 0 Å². The molecule has 1 heterocycles. The summed E-state index contributed by atoms with van der Waals surface area (Å²) >= 11 is 0. The molecule has 0 amide bonds. The Labute approximate surface area is 105 Å². The number of rotatable bonds is 6. The second-order valence-corrected chi connectivity index (χ2v) is 4.09. The molecule has 1 N–H and O–H groups in total. The van der Waals surface area contributed by atoms with Gasteiger partial charge in [-0.2, -0.15) is 13.2 Å². The summed E-state index contributed by atoms with van der Waals surface area (Å²) in [4.78, 5) is 5.66. The topological polar surface area (TPSA) is 28.2 Å². The number of hydrogen-bond donors (Lipinski definition) is 1. The summed E-state index contributed by atoms with van der Waals surface area (Å²) in [6.45, 7) is 3.51. The van der Waals surface area contributed by atoms with E-state index < -0.39 is 12.6 Å². The van der Waals surface area contributed by atoms with Crippen LogP contribution in [0, 0.1) is 0 Å². The van der Waals surface area contributed by atoms with Crippen molar-refractivity contribution < 1.29 is 13.2 Å². The van der Waals surface area contributed by atoms with Crippen LogP contribution in [0.5, 0.6) is 0 Å². The molecule has 0 unspecified atom stereocenters. The second-order valence-electron chi connectivity index (χ2n) is 4.09. The smallest absolute Gasteiger partial charge is 0.359 e. The third kappa shape index (κ3) is 5.35. The normalized spacial score (nSPS) is 11.6. The number of aromatic nitrogens is 1. The lowest BCUT2D eigenvalue weighted by Gasteiger charge is -2.19. The van der Waals surface area contributed by atoms with Crippen LogP contribution < -0.4 is 10.2 Å². The monoisotopic (exact) mass is 261 g/mol. The largest absolute Gasteiger partial charge is 0.390 e. The fourth-order valence-corrected chi connectivity index (χ4v) is 1.43. The van der Waals surface area contributed by atoms with Gasteiger partial charge in [-0.15, -0.1) is 0 Å². The first-order valence-corrected chi connectivity index (χ1v) is 5.86. The van der Waals surface area contributed by atoms with E-state index >= 15 is 0 Å². The lowest BCUT2D eigenvalue weighted by molar-refractivity contribution is -0.132. The maximum absolute atomic E-state index is 12.1. The molecule has 0 saturated carbocycles. The van der Waals surface area contributed by atoms with Crippen molar-refractivity contribution in [1.82, 2.24) is 10.3 Å². The van der Waals surface area contributed by atoms with Gasteiger partial charge in [-0.1, -0.05) is 13.0 Å². The Bertz CT molecular complexity index is 349. The molecule has 0 atom stereocenters. The van der Waals surface area contributed by atoms with Gasteiger partial charge in [-0.25, -0.2) is 4.98 Å². The number of hydrogen-bond acceptors (Lipinski definition) is 3.